The summed E-state index contributed by atoms with van der Waals surface area (Å²) in [6, 6.07) is 0. The molecule has 2 heterocycles. The monoisotopic (exact) mass is 132 g/mol. The first-order valence-electron chi connectivity index (χ1n) is 4.72. The Morgan fingerprint density at radius 1 is 1.67 bits per heavy atom. The molecule has 0 spiro atoms. The quantitative estimate of drug-likeness (QED) is 0.463. The van der Waals surface area contributed by atoms with E-state index >= 15 is 0 Å². The number of fused-ring (bicyclic) bond motifs is 1. The molecule has 3 nitrogen and oxygen atoms in total. The smallest absolute Gasteiger partial charge is 0.168 e. The number of ketones is 1. The third kappa shape index (κ3) is 0.686. The molecule has 0 aromatic heterocycles. The summed E-state index contributed by atoms with van der Waals surface area (Å²) in [4.78, 5) is 11.2. The molecular formula is C6H8O3. The van der Waals surface area contributed by atoms with Crippen molar-refractivity contribution in [3.63, 3.8) is 0 Å². The maximum atomic E-state index is 11.2. The van der Waals surface area contributed by atoms with Crippen LogP contribution >= 0.6 is 0 Å². The highest BCUT2D eigenvalue weighted by atomic mass is 16.7. The van der Waals surface area contributed by atoms with E-state index in [1.165, 1.54) is 0 Å². The van der Waals surface area contributed by atoms with E-state index in [9.17, 15) is 4.79 Å². The standard InChI is InChI=1S/C6H8O3/c7-5-3-9-6-4(5)1-2-8-6/h4,6H,1-3H2/t4-,6+/m0/s1/i2D2,3D2. The predicted octanol–water partition coefficient (Wildman–Crippen LogP) is -0.0517. The Morgan fingerprint density at radius 2 is 2.56 bits per heavy atom. The number of Topliss-reactive ketones (excluding diaryl/α,β-unsaturated/α-hetero) is 1. The molecular weight excluding hydrogens is 120 g/mol. The van der Waals surface area contributed by atoms with Crippen LogP contribution in [0.1, 0.15) is 11.9 Å². The van der Waals surface area contributed by atoms with Gasteiger partial charge in [-0.2, -0.15) is 0 Å². The van der Waals surface area contributed by atoms with Crippen LogP contribution in [0.4, 0.5) is 0 Å². The van der Waals surface area contributed by atoms with E-state index in [2.05, 4.69) is 4.74 Å². The molecule has 0 bridgehead atoms. The van der Waals surface area contributed by atoms with Crippen LogP contribution in [0.15, 0.2) is 0 Å². The van der Waals surface area contributed by atoms with Crippen LogP contribution in [-0.2, 0) is 14.3 Å². The second-order valence-electron chi connectivity index (χ2n) is 2.03. The summed E-state index contributed by atoms with van der Waals surface area (Å²) in [6.45, 7) is -4.19. The number of carbonyl (C=O) groups is 1. The van der Waals surface area contributed by atoms with Crippen molar-refractivity contribution in [2.75, 3.05) is 13.1 Å². The molecule has 0 N–H and O–H groups in total. The summed E-state index contributed by atoms with van der Waals surface area (Å²) in [5.41, 5.74) is 0. The lowest BCUT2D eigenvalue weighted by molar-refractivity contribution is -0.120. The molecule has 2 rings (SSSR count). The molecule has 2 saturated heterocycles. The van der Waals surface area contributed by atoms with Crippen LogP contribution in [0.5, 0.6) is 0 Å². The third-order valence-electron chi connectivity index (χ3n) is 1.44. The van der Waals surface area contributed by atoms with Gasteiger partial charge in [-0.1, -0.05) is 0 Å². The van der Waals surface area contributed by atoms with Gasteiger partial charge in [-0.25, -0.2) is 0 Å². The van der Waals surface area contributed by atoms with E-state index in [1.807, 2.05) is 0 Å². The Bertz CT molecular complexity index is 265. The van der Waals surface area contributed by atoms with E-state index in [-0.39, 0.29) is 6.42 Å². The van der Waals surface area contributed by atoms with Gasteiger partial charge in [0.25, 0.3) is 0 Å². The van der Waals surface area contributed by atoms with Crippen molar-refractivity contribution in [2.45, 2.75) is 12.7 Å². The second-order valence-corrected chi connectivity index (χ2v) is 2.03. The minimum Gasteiger partial charge on any atom is -0.352 e. The van der Waals surface area contributed by atoms with Crippen LogP contribution in [0, 0.1) is 5.92 Å². The first-order chi connectivity index (χ1) is 5.82. The summed E-state index contributed by atoms with van der Waals surface area (Å²) < 4.78 is 38.0. The lowest BCUT2D eigenvalue weighted by Crippen LogP contribution is -2.13. The molecule has 50 valence electrons. The molecule has 0 unspecified atom stereocenters. The highest BCUT2D eigenvalue weighted by molar-refractivity contribution is 5.84. The second kappa shape index (κ2) is 1.78. The molecule has 0 aliphatic carbocycles. The van der Waals surface area contributed by atoms with Gasteiger partial charge in [0.2, 0.25) is 0 Å². The third-order valence-corrected chi connectivity index (χ3v) is 1.44. The van der Waals surface area contributed by atoms with E-state index < -0.39 is 31.1 Å². The van der Waals surface area contributed by atoms with E-state index in [0.29, 0.717) is 0 Å². The van der Waals surface area contributed by atoms with Gasteiger partial charge in [0.1, 0.15) is 6.56 Å². The first kappa shape index (κ1) is 2.68. The topological polar surface area (TPSA) is 35.5 Å². The first-order valence-corrected chi connectivity index (χ1v) is 2.72. The normalized spacial score (nSPS) is 59.3. The van der Waals surface area contributed by atoms with Gasteiger partial charge in [0, 0.05) is 0 Å². The Labute approximate surface area is 58.6 Å². The van der Waals surface area contributed by atoms with Crippen LogP contribution in [-0.4, -0.2) is 25.2 Å². The largest absolute Gasteiger partial charge is 0.352 e. The molecule has 0 amide bonds. The molecule has 0 aromatic carbocycles. The van der Waals surface area contributed by atoms with E-state index in [0.717, 1.165) is 0 Å². The van der Waals surface area contributed by atoms with Gasteiger partial charge in [0.05, 0.1) is 18.0 Å². The lowest BCUT2D eigenvalue weighted by Gasteiger charge is -2.02. The summed E-state index contributed by atoms with van der Waals surface area (Å²) in [6.07, 6.45) is -1.19. The fourth-order valence-electron chi connectivity index (χ4n) is 0.913. The van der Waals surface area contributed by atoms with Crippen molar-refractivity contribution in [1.82, 2.24) is 0 Å². The molecule has 9 heavy (non-hydrogen) atoms. The molecule has 3 heteroatoms. The van der Waals surface area contributed by atoms with Gasteiger partial charge in [-0.3, -0.25) is 4.79 Å². The lowest BCUT2D eigenvalue weighted by atomic mass is 10.1. The Balaban J connectivity index is 2.21. The Hall–Kier alpha value is -0.410. The highest BCUT2D eigenvalue weighted by Gasteiger charge is 2.40. The fourth-order valence-corrected chi connectivity index (χ4v) is 0.913. The minimum atomic E-state index is -2.31. The zero-order valence-corrected chi connectivity index (χ0v) is 4.59. The Morgan fingerprint density at radius 3 is 3.33 bits per heavy atom. The number of rotatable bonds is 0. The van der Waals surface area contributed by atoms with Crippen LogP contribution in [0.3, 0.4) is 0 Å². The number of ether oxygens (including phenoxy) is 2. The van der Waals surface area contributed by atoms with Gasteiger partial charge in [-0.05, 0) is 6.42 Å². The summed E-state index contributed by atoms with van der Waals surface area (Å²) >= 11 is 0. The van der Waals surface area contributed by atoms with Crippen molar-refractivity contribution < 1.29 is 19.8 Å². The molecule has 2 aliphatic rings. The summed E-state index contributed by atoms with van der Waals surface area (Å²) in [7, 11) is 0. The minimum absolute atomic E-state index is 0.129. The fraction of sp³-hybridized carbons (Fsp3) is 0.833. The number of hydrogen-bond donors (Lipinski definition) is 0. The van der Waals surface area contributed by atoms with Crippen molar-refractivity contribution >= 4 is 5.78 Å². The number of hydrogen-bond acceptors (Lipinski definition) is 3. The highest BCUT2D eigenvalue weighted by Crippen LogP contribution is 2.27. The maximum Gasteiger partial charge on any atom is 0.168 e. The van der Waals surface area contributed by atoms with Gasteiger partial charge >= 0.3 is 0 Å². The van der Waals surface area contributed by atoms with E-state index in [1.54, 1.807) is 0 Å². The van der Waals surface area contributed by atoms with Gasteiger partial charge < -0.3 is 9.47 Å². The molecule has 2 atom stereocenters. The van der Waals surface area contributed by atoms with Gasteiger partial charge in [-0.15, -0.1) is 0 Å². The number of carbonyl (C=O) groups excluding carboxylic acids is 1. The van der Waals surface area contributed by atoms with Crippen LogP contribution < -0.4 is 0 Å². The Kier molecular flexibility index (Phi) is 0.531. The van der Waals surface area contributed by atoms with Crippen molar-refractivity contribution in [2.24, 2.45) is 5.92 Å². The average Bonchev–Trinajstić information content (AvgIpc) is 2.30. The zero-order valence-electron chi connectivity index (χ0n) is 8.59. The van der Waals surface area contributed by atoms with E-state index in [4.69, 9.17) is 10.2 Å². The molecule has 2 fully saturated rings. The molecule has 2 aliphatic heterocycles. The summed E-state index contributed by atoms with van der Waals surface area (Å²) in [5, 5.41) is 0. The molecule has 0 aromatic rings. The molecule has 0 radical (unpaired) electrons. The van der Waals surface area contributed by atoms with Crippen molar-refractivity contribution in [3.05, 3.63) is 0 Å². The maximum absolute atomic E-state index is 11.2. The zero-order chi connectivity index (χ0) is 9.85. The van der Waals surface area contributed by atoms with Crippen molar-refractivity contribution in [1.29, 1.82) is 0 Å². The van der Waals surface area contributed by atoms with Crippen LogP contribution in [0.2, 0.25) is 0 Å². The van der Waals surface area contributed by atoms with Crippen molar-refractivity contribution in [3.8, 4) is 0 Å². The predicted molar refractivity (Wildman–Crippen MR) is 28.8 cm³/mol. The SMILES string of the molecule is [2H]C1([2H])C[C@H]2C(=O)C([2H])([2H])O[C@H]2O1. The van der Waals surface area contributed by atoms with Gasteiger partial charge in [0.15, 0.2) is 12.1 Å². The molecule has 0 saturated carbocycles. The van der Waals surface area contributed by atoms with Crippen LogP contribution in [0.25, 0.3) is 0 Å². The average molecular weight is 132 g/mol. The summed E-state index contributed by atoms with van der Waals surface area (Å²) in [5.74, 6) is -1.52.